The van der Waals surface area contributed by atoms with Gasteiger partial charge in [-0.25, -0.2) is 4.98 Å². The molecule has 0 aliphatic heterocycles. The van der Waals surface area contributed by atoms with Gasteiger partial charge in [-0.15, -0.1) is 0 Å². The molecule has 54 heavy (non-hydrogen) atoms. The second-order valence-corrected chi connectivity index (χ2v) is 14.7. The van der Waals surface area contributed by atoms with Crippen molar-refractivity contribution in [3.63, 3.8) is 0 Å². The predicted molar refractivity (Wildman–Crippen MR) is 224 cm³/mol. The summed E-state index contributed by atoms with van der Waals surface area (Å²) in [6.45, 7) is 7.10. The zero-order valence-corrected chi connectivity index (χ0v) is 30.1. The normalized spacial score (nSPS) is 17.9. The van der Waals surface area contributed by atoms with Crippen molar-refractivity contribution in [2.45, 2.75) is 25.2 Å². The second kappa shape index (κ2) is 11.6. The fraction of sp³-hybridized carbons (Fsp3) is 0.0784. The van der Waals surface area contributed by atoms with Crippen molar-refractivity contribution in [2.24, 2.45) is 0 Å². The molecule has 2 heterocycles. The van der Waals surface area contributed by atoms with E-state index in [-0.39, 0.29) is 5.41 Å². The lowest BCUT2D eigenvalue weighted by molar-refractivity contribution is 0.718. The van der Waals surface area contributed by atoms with E-state index in [1.165, 1.54) is 61.1 Å². The first kappa shape index (κ1) is 30.9. The third kappa shape index (κ3) is 4.15. The van der Waals surface area contributed by atoms with E-state index in [1.54, 1.807) is 0 Å². The van der Waals surface area contributed by atoms with Crippen LogP contribution in [0, 0.1) is 6.92 Å². The number of para-hydroxylation sites is 4. The zero-order chi connectivity index (χ0) is 36.0. The van der Waals surface area contributed by atoms with Gasteiger partial charge >= 0.3 is 0 Å². The second-order valence-electron chi connectivity index (χ2n) is 14.7. The van der Waals surface area contributed by atoms with Crippen molar-refractivity contribution in [3.8, 4) is 22.8 Å². The highest BCUT2D eigenvalue weighted by Crippen LogP contribution is 2.64. The Morgan fingerprint density at radius 3 is 2.11 bits per heavy atom. The summed E-state index contributed by atoms with van der Waals surface area (Å²) in [6.07, 6.45) is 9.27. The van der Waals surface area contributed by atoms with Crippen LogP contribution in [-0.4, -0.2) is 14.1 Å². The molecule has 0 saturated carbocycles. The summed E-state index contributed by atoms with van der Waals surface area (Å²) in [5.41, 5.74) is 19.2. The van der Waals surface area contributed by atoms with Crippen LogP contribution in [0.15, 0.2) is 182 Å². The number of imidazole rings is 1. The van der Waals surface area contributed by atoms with E-state index in [2.05, 4.69) is 186 Å². The van der Waals surface area contributed by atoms with Crippen LogP contribution in [0.5, 0.6) is 0 Å². The Labute approximate surface area is 315 Å². The van der Waals surface area contributed by atoms with Gasteiger partial charge in [-0.1, -0.05) is 116 Å². The lowest BCUT2D eigenvalue weighted by atomic mass is 9.67. The molecule has 6 aromatic carbocycles. The molecule has 8 aromatic rings. The molecule has 1 atom stereocenters. The maximum absolute atomic E-state index is 5.13. The molecule has 0 radical (unpaired) electrons. The van der Waals surface area contributed by atoms with E-state index < -0.39 is 0 Å². The highest BCUT2D eigenvalue weighted by Gasteiger charge is 2.53. The Hall–Kier alpha value is -6.71. The quantitative estimate of drug-likeness (QED) is 0.180. The van der Waals surface area contributed by atoms with Gasteiger partial charge in [-0.05, 0) is 125 Å². The molecule has 11 rings (SSSR count). The first-order valence-corrected chi connectivity index (χ1v) is 18.9. The maximum atomic E-state index is 5.13. The van der Waals surface area contributed by atoms with Gasteiger partial charge in [0.25, 0.3) is 0 Å². The molecule has 3 heteroatoms. The molecule has 3 aliphatic rings. The Morgan fingerprint density at radius 1 is 0.648 bits per heavy atom. The van der Waals surface area contributed by atoms with E-state index in [9.17, 15) is 0 Å². The number of hydrogen-bond donors (Lipinski definition) is 0. The molecule has 256 valence electrons. The van der Waals surface area contributed by atoms with Crippen LogP contribution < -0.4 is 0 Å². The lowest BCUT2D eigenvalue weighted by Gasteiger charge is -2.34. The predicted octanol–water partition coefficient (Wildman–Crippen LogP) is 12.5. The fourth-order valence-corrected chi connectivity index (χ4v) is 9.78. The third-order valence-corrected chi connectivity index (χ3v) is 12.0. The van der Waals surface area contributed by atoms with E-state index in [1.807, 2.05) is 0 Å². The van der Waals surface area contributed by atoms with Crippen LogP contribution in [0.4, 0.5) is 0 Å². The number of nitrogens with zero attached hydrogens (tertiary/aromatic N) is 3. The van der Waals surface area contributed by atoms with Gasteiger partial charge < -0.3 is 4.57 Å². The Morgan fingerprint density at radius 2 is 1.30 bits per heavy atom. The Kier molecular flexibility index (Phi) is 6.66. The standard InChI is InChI=1S/C51H37N3/c1-33-38-18-6-10-22-43(38)51(44-23-11-7-19-39(44)40-20-8-12-24-45(40)51)46(33)32-42-34(2)53(48-26-14-9-21-41(42)48)37-30-28-35(29-31-37)50-52-47-25-13-15-27-49(47)54(50)36-16-4-3-5-17-36/h3-11,13-23,25-32H,1,12,24H2,2H3/b46-32+. The van der Waals surface area contributed by atoms with Crippen LogP contribution in [0.3, 0.4) is 0 Å². The van der Waals surface area contributed by atoms with E-state index in [0.29, 0.717) is 0 Å². The number of benzene rings is 6. The van der Waals surface area contributed by atoms with Gasteiger partial charge in [0, 0.05) is 33.6 Å². The van der Waals surface area contributed by atoms with Crippen molar-refractivity contribution in [3.05, 3.63) is 215 Å². The summed E-state index contributed by atoms with van der Waals surface area (Å²) in [5, 5.41) is 1.24. The summed E-state index contributed by atoms with van der Waals surface area (Å²) in [5.74, 6) is 0.932. The van der Waals surface area contributed by atoms with Crippen molar-refractivity contribution in [1.82, 2.24) is 14.1 Å². The van der Waals surface area contributed by atoms with Crippen molar-refractivity contribution in [1.29, 1.82) is 0 Å². The van der Waals surface area contributed by atoms with Crippen molar-refractivity contribution < 1.29 is 0 Å². The van der Waals surface area contributed by atoms with E-state index >= 15 is 0 Å². The van der Waals surface area contributed by atoms with Gasteiger partial charge in [0.1, 0.15) is 5.82 Å². The van der Waals surface area contributed by atoms with Gasteiger partial charge in [0.05, 0.1) is 22.0 Å². The van der Waals surface area contributed by atoms with Crippen LogP contribution in [0.25, 0.3) is 61.9 Å². The monoisotopic (exact) mass is 691 g/mol. The highest BCUT2D eigenvalue weighted by molar-refractivity contribution is 6.05. The molecule has 0 bridgehead atoms. The van der Waals surface area contributed by atoms with Gasteiger partial charge in [0.2, 0.25) is 0 Å². The first-order chi connectivity index (χ1) is 26.6. The lowest BCUT2D eigenvalue weighted by Crippen LogP contribution is -2.27. The topological polar surface area (TPSA) is 22.8 Å². The zero-order valence-electron chi connectivity index (χ0n) is 30.1. The summed E-state index contributed by atoms with van der Waals surface area (Å²) in [7, 11) is 0. The number of allylic oxidation sites excluding steroid dienone is 6. The number of hydrogen-bond acceptors (Lipinski definition) is 1. The molecule has 1 unspecified atom stereocenters. The van der Waals surface area contributed by atoms with Crippen molar-refractivity contribution >= 4 is 39.2 Å². The van der Waals surface area contributed by atoms with E-state index in [4.69, 9.17) is 11.6 Å². The van der Waals surface area contributed by atoms with Crippen LogP contribution in [0.1, 0.15) is 46.4 Å². The minimum atomic E-state index is -0.369. The summed E-state index contributed by atoms with van der Waals surface area (Å²) < 4.78 is 4.68. The largest absolute Gasteiger partial charge is 0.313 e. The first-order valence-electron chi connectivity index (χ1n) is 18.9. The average Bonchev–Trinajstić information content (AvgIpc) is 3.92. The van der Waals surface area contributed by atoms with Crippen LogP contribution in [0.2, 0.25) is 0 Å². The molecule has 0 amide bonds. The molecule has 0 fully saturated rings. The molecular formula is C51H37N3. The molecule has 1 spiro atoms. The smallest absolute Gasteiger partial charge is 0.145 e. The van der Waals surface area contributed by atoms with Crippen molar-refractivity contribution in [2.75, 3.05) is 0 Å². The number of aromatic nitrogens is 3. The van der Waals surface area contributed by atoms with Gasteiger partial charge in [-0.3, -0.25) is 4.57 Å². The molecule has 3 nitrogen and oxygen atoms in total. The van der Waals surface area contributed by atoms with Gasteiger partial charge in [0.15, 0.2) is 0 Å². The Balaban J connectivity index is 1.10. The molecule has 3 aliphatic carbocycles. The minimum absolute atomic E-state index is 0.369. The molecule has 0 saturated heterocycles. The molecule has 2 aromatic heterocycles. The number of rotatable bonds is 4. The SMILES string of the molecule is C=C1/C(=C\c2c(C)n(-c3ccc(-c4nc5ccccc5n4-c4ccccc4)cc3)c3ccccc23)C2(C3=C(C=CCC3)c3ccccc32)c2ccccc21. The van der Waals surface area contributed by atoms with Crippen LogP contribution >= 0.6 is 0 Å². The number of fused-ring (bicyclic) bond motifs is 8. The summed E-state index contributed by atoms with van der Waals surface area (Å²) in [6, 6.07) is 54.7. The van der Waals surface area contributed by atoms with E-state index in [0.717, 1.165) is 52.2 Å². The highest BCUT2D eigenvalue weighted by atomic mass is 15.1. The third-order valence-electron chi connectivity index (χ3n) is 12.0. The summed E-state index contributed by atoms with van der Waals surface area (Å²) >= 11 is 0. The fourth-order valence-electron chi connectivity index (χ4n) is 9.78. The van der Waals surface area contributed by atoms with Gasteiger partial charge in [-0.2, -0.15) is 0 Å². The maximum Gasteiger partial charge on any atom is 0.145 e. The minimum Gasteiger partial charge on any atom is -0.313 e. The molecular weight excluding hydrogens is 655 g/mol. The average molecular weight is 692 g/mol. The molecule has 0 N–H and O–H groups in total. The Bertz CT molecular complexity index is 2950. The summed E-state index contributed by atoms with van der Waals surface area (Å²) in [4.78, 5) is 5.13. The van der Waals surface area contributed by atoms with Crippen LogP contribution in [-0.2, 0) is 5.41 Å².